The minimum atomic E-state index is -0.289. The molecule has 1 aromatic rings. The van der Waals surface area contributed by atoms with Gasteiger partial charge in [-0.15, -0.1) is 0 Å². The number of allylic oxidation sites excluding steroid dienone is 2. The first-order valence-corrected chi connectivity index (χ1v) is 10.5. The van der Waals surface area contributed by atoms with Crippen molar-refractivity contribution in [3.8, 4) is 0 Å². The van der Waals surface area contributed by atoms with Crippen molar-refractivity contribution in [1.82, 2.24) is 0 Å². The van der Waals surface area contributed by atoms with Gasteiger partial charge >= 0.3 is 0 Å². The number of nitrogens with zero attached hydrogens (tertiary/aromatic N) is 1. The number of rotatable bonds is 1. The molecule has 1 heterocycles. The van der Waals surface area contributed by atoms with E-state index in [1.807, 2.05) is 24.3 Å². The average molecular weight is 428 g/mol. The molecular weight excluding hydrogens is 402 g/mol. The third-order valence-electron chi connectivity index (χ3n) is 6.07. The van der Waals surface area contributed by atoms with Crippen LogP contribution in [0.15, 0.2) is 45.0 Å². The number of halogens is 1. The fourth-order valence-corrected chi connectivity index (χ4v) is 5.31. The summed E-state index contributed by atoms with van der Waals surface area (Å²) in [5, 5.41) is 0. The molecule has 0 aromatic heterocycles. The molecule has 2 unspecified atom stereocenters. The van der Waals surface area contributed by atoms with Crippen LogP contribution in [0.2, 0.25) is 0 Å². The number of hydrogen-bond donors (Lipinski definition) is 0. The molecule has 1 fully saturated rings. The Balaban J connectivity index is 1.90. The third kappa shape index (κ3) is 3.37. The highest BCUT2D eigenvalue weighted by Crippen LogP contribution is 2.51. The Morgan fingerprint density at radius 2 is 1.52 bits per heavy atom. The van der Waals surface area contributed by atoms with E-state index >= 15 is 0 Å². The fourth-order valence-electron chi connectivity index (χ4n) is 5.04. The van der Waals surface area contributed by atoms with E-state index in [1.54, 1.807) is 0 Å². The summed E-state index contributed by atoms with van der Waals surface area (Å²) in [6.07, 6.45) is 2.69. The summed E-state index contributed by atoms with van der Waals surface area (Å²) in [7, 11) is 0. The lowest BCUT2D eigenvalue weighted by Crippen LogP contribution is -2.45. The van der Waals surface area contributed by atoms with Gasteiger partial charge in [-0.3, -0.25) is 14.6 Å². The van der Waals surface area contributed by atoms with Crippen molar-refractivity contribution < 1.29 is 9.59 Å². The summed E-state index contributed by atoms with van der Waals surface area (Å²) in [6, 6.07) is 8.08. The zero-order chi connectivity index (χ0) is 19.6. The summed E-state index contributed by atoms with van der Waals surface area (Å²) in [6.45, 7) is 8.54. The zero-order valence-corrected chi connectivity index (χ0v) is 18.0. The average Bonchev–Trinajstić information content (AvgIpc) is 2.51. The molecule has 142 valence electrons. The first kappa shape index (κ1) is 18.8. The van der Waals surface area contributed by atoms with E-state index in [0.717, 1.165) is 39.9 Å². The minimum Gasteiger partial charge on any atom is -0.299 e. The molecule has 0 radical (unpaired) electrons. The van der Waals surface area contributed by atoms with Crippen LogP contribution < -0.4 is 0 Å². The third-order valence-corrected chi connectivity index (χ3v) is 6.60. The molecule has 0 amide bonds. The van der Waals surface area contributed by atoms with Crippen molar-refractivity contribution in [2.24, 2.45) is 21.7 Å². The van der Waals surface area contributed by atoms with Crippen LogP contribution >= 0.6 is 15.9 Å². The molecule has 3 nitrogen and oxygen atoms in total. The molecule has 1 aromatic carbocycles. The van der Waals surface area contributed by atoms with Gasteiger partial charge < -0.3 is 0 Å². The minimum absolute atomic E-state index is 0.0665. The van der Waals surface area contributed by atoms with E-state index < -0.39 is 0 Å². The number of carbonyl (C=O) groups excluding carboxylic acids is 2. The molecule has 0 saturated heterocycles. The van der Waals surface area contributed by atoms with Crippen molar-refractivity contribution in [3.05, 3.63) is 45.6 Å². The molecule has 3 aliphatic rings. The highest BCUT2D eigenvalue weighted by molar-refractivity contribution is 9.10. The van der Waals surface area contributed by atoms with Crippen molar-refractivity contribution in [3.63, 3.8) is 0 Å². The monoisotopic (exact) mass is 427 g/mol. The standard InChI is InChI=1S/C23H26BrNO2/c1-22(2)9-15-20(17(26)11-22)19(13-5-7-14(24)8-6-13)21-16(25-15)10-23(3,4)12-18(21)27/h5-8,19-20H,9-12H2,1-4H3. The normalized spacial score (nSPS) is 29.1. The van der Waals surface area contributed by atoms with Crippen LogP contribution in [0.1, 0.15) is 64.9 Å². The predicted octanol–water partition coefficient (Wildman–Crippen LogP) is 5.64. The molecule has 0 N–H and O–H groups in total. The Morgan fingerprint density at radius 3 is 2.19 bits per heavy atom. The molecule has 1 aliphatic heterocycles. The number of benzene rings is 1. The Labute approximate surface area is 169 Å². The molecule has 0 bridgehead atoms. The lowest BCUT2D eigenvalue weighted by molar-refractivity contribution is -0.124. The number of aliphatic imine (C=N–C) groups is 1. The summed E-state index contributed by atoms with van der Waals surface area (Å²) in [5.41, 5.74) is 3.59. The van der Waals surface area contributed by atoms with Gasteiger partial charge in [-0.2, -0.15) is 0 Å². The van der Waals surface area contributed by atoms with Crippen LogP contribution in [-0.2, 0) is 9.59 Å². The molecule has 0 spiro atoms. The number of Topliss-reactive ketones (excluding diaryl/α,β-unsaturated/α-hetero) is 2. The van der Waals surface area contributed by atoms with Gasteiger partial charge in [0.05, 0.1) is 5.92 Å². The number of carbonyl (C=O) groups is 2. The van der Waals surface area contributed by atoms with E-state index in [9.17, 15) is 9.59 Å². The largest absolute Gasteiger partial charge is 0.299 e. The van der Waals surface area contributed by atoms with Gasteiger partial charge in [0, 0.05) is 40.2 Å². The molecule has 2 aliphatic carbocycles. The summed E-state index contributed by atoms with van der Waals surface area (Å²) < 4.78 is 0.998. The van der Waals surface area contributed by atoms with Crippen molar-refractivity contribution in [2.45, 2.75) is 59.3 Å². The maximum Gasteiger partial charge on any atom is 0.161 e. The second-order valence-corrected chi connectivity index (χ2v) is 10.8. The van der Waals surface area contributed by atoms with E-state index in [2.05, 4.69) is 43.6 Å². The van der Waals surface area contributed by atoms with Gasteiger partial charge in [-0.05, 0) is 41.4 Å². The van der Waals surface area contributed by atoms with Gasteiger partial charge in [0.2, 0.25) is 0 Å². The van der Waals surface area contributed by atoms with E-state index in [-0.39, 0.29) is 34.2 Å². The maximum atomic E-state index is 13.2. The zero-order valence-electron chi connectivity index (χ0n) is 16.4. The van der Waals surface area contributed by atoms with Crippen molar-refractivity contribution in [1.29, 1.82) is 0 Å². The first-order valence-electron chi connectivity index (χ1n) is 9.68. The van der Waals surface area contributed by atoms with Crippen LogP contribution in [-0.4, -0.2) is 17.3 Å². The van der Waals surface area contributed by atoms with Gasteiger partial charge in [-0.25, -0.2) is 0 Å². The van der Waals surface area contributed by atoms with Gasteiger partial charge in [0.1, 0.15) is 5.78 Å². The highest BCUT2D eigenvalue weighted by Gasteiger charge is 2.49. The lowest BCUT2D eigenvalue weighted by Gasteiger charge is -2.44. The van der Waals surface area contributed by atoms with E-state index in [4.69, 9.17) is 4.99 Å². The predicted molar refractivity (Wildman–Crippen MR) is 111 cm³/mol. The van der Waals surface area contributed by atoms with Gasteiger partial charge in [0.15, 0.2) is 5.78 Å². The second kappa shape index (κ2) is 6.23. The quantitative estimate of drug-likeness (QED) is 0.582. The molecule has 27 heavy (non-hydrogen) atoms. The van der Waals surface area contributed by atoms with Crippen LogP contribution in [0.25, 0.3) is 0 Å². The molecule has 4 rings (SSSR count). The van der Waals surface area contributed by atoms with Crippen LogP contribution in [0.3, 0.4) is 0 Å². The van der Waals surface area contributed by atoms with E-state index in [1.165, 1.54) is 0 Å². The molecule has 2 atom stereocenters. The highest BCUT2D eigenvalue weighted by atomic mass is 79.9. The second-order valence-electron chi connectivity index (χ2n) is 9.90. The molecule has 1 saturated carbocycles. The van der Waals surface area contributed by atoms with Crippen molar-refractivity contribution >= 4 is 33.2 Å². The molecular formula is C23H26BrNO2. The van der Waals surface area contributed by atoms with Crippen LogP contribution in [0, 0.1) is 16.7 Å². The Hall–Kier alpha value is -1.55. The Bertz CT molecular complexity index is 889. The van der Waals surface area contributed by atoms with Crippen LogP contribution in [0.4, 0.5) is 0 Å². The Kier molecular flexibility index (Phi) is 4.34. The number of ketones is 2. The smallest absolute Gasteiger partial charge is 0.161 e. The van der Waals surface area contributed by atoms with E-state index in [0.29, 0.717) is 12.8 Å². The van der Waals surface area contributed by atoms with Gasteiger partial charge in [0.25, 0.3) is 0 Å². The van der Waals surface area contributed by atoms with Crippen molar-refractivity contribution in [2.75, 3.05) is 0 Å². The number of hydrogen-bond acceptors (Lipinski definition) is 3. The SMILES string of the molecule is CC1(C)CC(=O)C2C(=NC3=C(C(=O)CC(C)(C)C3)C2c2ccc(Br)cc2)C1. The summed E-state index contributed by atoms with van der Waals surface area (Å²) in [4.78, 5) is 31.3. The number of fused-ring (bicyclic) bond motifs is 1. The lowest BCUT2D eigenvalue weighted by atomic mass is 9.60. The summed E-state index contributed by atoms with van der Waals surface area (Å²) >= 11 is 3.49. The first-order chi connectivity index (χ1) is 12.6. The summed E-state index contributed by atoms with van der Waals surface area (Å²) in [5.74, 6) is -0.0902. The Morgan fingerprint density at radius 1 is 0.889 bits per heavy atom. The van der Waals surface area contributed by atoms with Crippen LogP contribution in [0.5, 0.6) is 0 Å². The maximum absolute atomic E-state index is 13.2. The fraction of sp³-hybridized carbons (Fsp3) is 0.522. The van der Waals surface area contributed by atoms with Gasteiger partial charge in [-0.1, -0.05) is 55.8 Å². The topological polar surface area (TPSA) is 46.5 Å². The molecule has 4 heteroatoms.